The molecule has 0 N–H and O–H groups in total. The van der Waals surface area contributed by atoms with E-state index in [0.29, 0.717) is 19.0 Å². The van der Waals surface area contributed by atoms with Gasteiger partial charge in [-0.15, -0.1) is 0 Å². The van der Waals surface area contributed by atoms with Crippen LogP contribution in [-0.2, 0) is 16.0 Å². The lowest BCUT2D eigenvalue weighted by Crippen LogP contribution is -2.38. The van der Waals surface area contributed by atoms with Gasteiger partial charge in [0.25, 0.3) is 0 Å². The topological polar surface area (TPSA) is 77.0 Å². The number of carboxylic acid groups (broad SMARTS) is 1. The number of hydrogen-bond donors (Lipinski definition) is 0. The summed E-state index contributed by atoms with van der Waals surface area (Å²) < 4.78 is 22.1. The highest BCUT2D eigenvalue weighted by Crippen LogP contribution is 2.23. The number of carbonyl (C=O) groups is 1. The van der Waals surface area contributed by atoms with E-state index in [1.165, 1.54) is 7.11 Å². The summed E-state index contributed by atoms with van der Waals surface area (Å²) in [4.78, 5) is 10.9. The normalized spacial score (nSPS) is 11.5. The van der Waals surface area contributed by atoms with Crippen LogP contribution in [0.4, 0.5) is 0 Å². The van der Waals surface area contributed by atoms with Crippen molar-refractivity contribution in [2.24, 2.45) is 0 Å². The van der Waals surface area contributed by atoms with Gasteiger partial charge in [0.1, 0.15) is 29.1 Å². The lowest BCUT2D eigenvalue weighted by molar-refractivity contribution is -0.315. The van der Waals surface area contributed by atoms with E-state index in [1.807, 2.05) is 78.9 Å². The fraction of sp³-hybridized carbons (Fsp3) is 0.240. The first-order chi connectivity index (χ1) is 15.1. The fourth-order valence-corrected chi connectivity index (χ4v) is 2.87. The molecule has 0 aliphatic rings. The molecule has 0 fully saturated rings. The van der Waals surface area contributed by atoms with Crippen molar-refractivity contribution >= 4 is 5.97 Å². The molecule has 0 amide bonds. The minimum atomic E-state index is -1.22. The van der Waals surface area contributed by atoms with Crippen LogP contribution in [0.3, 0.4) is 0 Å². The number of ether oxygens (including phenoxy) is 4. The fourth-order valence-electron chi connectivity index (χ4n) is 2.87. The van der Waals surface area contributed by atoms with Gasteiger partial charge in [-0.1, -0.05) is 30.3 Å². The van der Waals surface area contributed by atoms with Crippen molar-refractivity contribution in [1.29, 1.82) is 0 Å². The Morgan fingerprint density at radius 1 is 0.774 bits per heavy atom. The van der Waals surface area contributed by atoms with Gasteiger partial charge in [-0.2, -0.15) is 0 Å². The van der Waals surface area contributed by atoms with Gasteiger partial charge in [0, 0.05) is 20.0 Å². The van der Waals surface area contributed by atoms with Crippen molar-refractivity contribution in [3.63, 3.8) is 0 Å². The second-order valence-corrected chi connectivity index (χ2v) is 6.83. The molecule has 162 valence electrons. The predicted octanol–water partition coefficient (Wildman–Crippen LogP) is 3.63. The van der Waals surface area contributed by atoms with Crippen LogP contribution in [0, 0.1) is 0 Å². The molecule has 1 atom stereocenters. The van der Waals surface area contributed by atoms with Gasteiger partial charge in [-0.25, -0.2) is 0 Å². The zero-order chi connectivity index (χ0) is 21.9. The molecule has 3 aromatic carbocycles. The summed E-state index contributed by atoms with van der Waals surface area (Å²) in [6.45, 7) is 1.03. The predicted molar refractivity (Wildman–Crippen MR) is 115 cm³/mol. The van der Waals surface area contributed by atoms with Gasteiger partial charge in [0.05, 0.1) is 19.2 Å². The Balaban J connectivity index is 1.35. The Kier molecular flexibility index (Phi) is 8.31. The zero-order valence-corrected chi connectivity index (χ0v) is 17.4. The average Bonchev–Trinajstić information content (AvgIpc) is 2.80. The largest absolute Gasteiger partial charge is 0.547 e. The molecule has 0 heterocycles. The number of carbonyl (C=O) groups excluding carboxylic acids is 1. The van der Waals surface area contributed by atoms with Crippen LogP contribution in [0.1, 0.15) is 12.0 Å². The van der Waals surface area contributed by atoms with E-state index in [1.54, 1.807) is 0 Å². The minimum Gasteiger partial charge on any atom is -0.547 e. The molecule has 3 aromatic rings. The third-order valence-corrected chi connectivity index (χ3v) is 4.52. The molecule has 6 nitrogen and oxygen atoms in total. The van der Waals surface area contributed by atoms with E-state index >= 15 is 0 Å². The number of aliphatic carboxylic acids is 1. The van der Waals surface area contributed by atoms with Crippen LogP contribution in [0.15, 0.2) is 78.9 Å². The lowest BCUT2D eigenvalue weighted by atomic mass is 10.1. The van der Waals surface area contributed by atoms with Gasteiger partial charge in [-0.3, -0.25) is 0 Å². The number of methoxy groups -OCH3 is 1. The number of hydrogen-bond acceptors (Lipinski definition) is 6. The van der Waals surface area contributed by atoms with E-state index in [4.69, 9.17) is 18.9 Å². The molecule has 6 heteroatoms. The molecule has 0 radical (unpaired) electrons. The Labute approximate surface area is 182 Å². The standard InChI is InChI=1S/C25H26O6/c1-28-24(25(26)27)18-19-8-10-20(11-9-19)29-16-5-17-30-21-12-14-23(15-13-21)31-22-6-3-2-4-7-22/h2-4,6-15,24H,5,16-18H2,1H3,(H,26,27)/p-1/t24-/m0/s1. The van der Waals surface area contributed by atoms with Crippen LogP contribution in [-0.4, -0.2) is 32.4 Å². The van der Waals surface area contributed by atoms with E-state index in [9.17, 15) is 9.90 Å². The summed E-state index contributed by atoms with van der Waals surface area (Å²) in [6.07, 6.45) is 0.0191. The number of para-hydroxylation sites is 1. The van der Waals surface area contributed by atoms with Crippen molar-refractivity contribution in [2.75, 3.05) is 20.3 Å². The van der Waals surface area contributed by atoms with Gasteiger partial charge in [0.2, 0.25) is 0 Å². The number of rotatable bonds is 12. The van der Waals surface area contributed by atoms with E-state index < -0.39 is 12.1 Å². The lowest BCUT2D eigenvalue weighted by Gasteiger charge is -2.16. The van der Waals surface area contributed by atoms with Gasteiger partial charge in [-0.05, 0) is 54.1 Å². The van der Waals surface area contributed by atoms with Crippen molar-refractivity contribution < 1.29 is 28.8 Å². The minimum absolute atomic E-state index is 0.252. The molecule has 31 heavy (non-hydrogen) atoms. The van der Waals surface area contributed by atoms with Crippen LogP contribution < -0.4 is 19.3 Å². The smallest absolute Gasteiger partial charge is 0.127 e. The quantitative estimate of drug-likeness (QED) is 0.416. The summed E-state index contributed by atoms with van der Waals surface area (Å²) in [5, 5.41) is 10.9. The molecule has 0 unspecified atom stereocenters. The summed E-state index contributed by atoms with van der Waals surface area (Å²) in [5.74, 6) is 1.81. The summed E-state index contributed by atoms with van der Waals surface area (Å²) in [7, 11) is 1.35. The van der Waals surface area contributed by atoms with Crippen LogP contribution in [0.25, 0.3) is 0 Å². The second kappa shape index (κ2) is 11.6. The zero-order valence-electron chi connectivity index (χ0n) is 17.4. The van der Waals surface area contributed by atoms with E-state index in [-0.39, 0.29) is 6.42 Å². The Morgan fingerprint density at radius 2 is 1.29 bits per heavy atom. The Hall–Kier alpha value is -3.51. The molecule has 0 aliphatic carbocycles. The van der Waals surface area contributed by atoms with Crippen molar-refractivity contribution in [1.82, 2.24) is 0 Å². The van der Waals surface area contributed by atoms with Crippen molar-refractivity contribution in [3.05, 3.63) is 84.4 Å². The maximum absolute atomic E-state index is 10.9. The Bertz CT molecular complexity index is 922. The highest BCUT2D eigenvalue weighted by Gasteiger charge is 2.09. The van der Waals surface area contributed by atoms with Gasteiger partial charge >= 0.3 is 0 Å². The van der Waals surface area contributed by atoms with Crippen molar-refractivity contribution in [3.8, 4) is 23.0 Å². The Morgan fingerprint density at radius 3 is 1.84 bits per heavy atom. The summed E-state index contributed by atoms with van der Waals surface area (Å²) in [6, 6.07) is 24.4. The number of carboxylic acids is 1. The molecule has 0 aliphatic heterocycles. The first-order valence-corrected chi connectivity index (χ1v) is 10.0. The average molecular weight is 421 g/mol. The summed E-state index contributed by atoms with van der Waals surface area (Å²) >= 11 is 0. The molecule has 3 rings (SSSR count). The van der Waals surface area contributed by atoms with Crippen LogP contribution in [0.5, 0.6) is 23.0 Å². The molecule has 0 saturated heterocycles. The number of benzene rings is 3. The highest BCUT2D eigenvalue weighted by atomic mass is 16.5. The molecule has 0 saturated carbocycles. The monoisotopic (exact) mass is 421 g/mol. The van der Waals surface area contributed by atoms with Gasteiger partial charge in [0.15, 0.2) is 0 Å². The third-order valence-electron chi connectivity index (χ3n) is 4.52. The molecular formula is C25H25O6-. The second-order valence-electron chi connectivity index (χ2n) is 6.83. The van der Waals surface area contributed by atoms with E-state index in [0.717, 1.165) is 29.2 Å². The molecule has 0 spiro atoms. The molecular weight excluding hydrogens is 396 g/mol. The maximum Gasteiger partial charge on any atom is 0.127 e. The van der Waals surface area contributed by atoms with Crippen molar-refractivity contribution in [2.45, 2.75) is 18.9 Å². The highest BCUT2D eigenvalue weighted by molar-refractivity contribution is 5.70. The first-order valence-electron chi connectivity index (χ1n) is 10.0. The molecule has 0 aromatic heterocycles. The van der Waals surface area contributed by atoms with Crippen LogP contribution in [0.2, 0.25) is 0 Å². The first kappa shape index (κ1) is 22.2. The third kappa shape index (κ3) is 7.35. The maximum atomic E-state index is 10.9. The SMILES string of the molecule is CO[C@@H](Cc1ccc(OCCCOc2ccc(Oc3ccccc3)cc2)cc1)C(=O)[O-]. The van der Waals surface area contributed by atoms with Crippen LogP contribution >= 0.6 is 0 Å². The molecule has 0 bridgehead atoms. The van der Waals surface area contributed by atoms with Gasteiger partial charge < -0.3 is 28.8 Å². The summed E-state index contributed by atoms with van der Waals surface area (Å²) in [5.41, 5.74) is 0.839. The van der Waals surface area contributed by atoms with E-state index in [2.05, 4.69) is 0 Å².